The summed E-state index contributed by atoms with van der Waals surface area (Å²) in [5.74, 6) is 0.661. The van der Waals surface area contributed by atoms with Crippen LogP contribution < -0.4 is 15.4 Å². The third-order valence-corrected chi connectivity index (χ3v) is 1.29. The van der Waals surface area contributed by atoms with Gasteiger partial charge in [-0.25, -0.2) is 5.26 Å². The first-order valence-corrected chi connectivity index (χ1v) is 3.03. The van der Waals surface area contributed by atoms with Gasteiger partial charge in [0, 0.05) is 11.8 Å². The van der Waals surface area contributed by atoms with E-state index in [1.54, 1.807) is 12.1 Å². The number of benzene rings is 1. The Kier molecular flexibility index (Phi) is 2.18. The quantitative estimate of drug-likeness (QED) is 0.381. The van der Waals surface area contributed by atoms with Crippen LogP contribution in [0.15, 0.2) is 18.2 Å². The molecule has 0 bridgehead atoms. The van der Waals surface area contributed by atoms with Crippen molar-refractivity contribution in [2.45, 2.75) is 0 Å². The summed E-state index contributed by atoms with van der Waals surface area (Å²) in [6.07, 6.45) is 0. The summed E-state index contributed by atoms with van der Waals surface area (Å²) < 4.78 is 4.85. The number of nitrogens with two attached hydrogens (primary N) is 1. The summed E-state index contributed by atoms with van der Waals surface area (Å²) in [6, 6.07) is 4.69. The molecule has 11 heavy (non-hydrogen) atoms. The van der Waals surface area contributed by atoms with Crippen LogP contribution in [0.1, 0.15) is 0 Å². The highest BCUT2D eigenvalue weighted by Gasteiger charge is 2.02. The van der Waals surface area contributed by atoms with Gasteiger partial charge in [0.1, 0.15) is 0 Å². The summed E-state index contributed by atoms with van der Waals surface area (Å²) in [5, 5.41) is 8.32. The van der Waals surface area contributed by atoms with Crippen LogP contribution in [-0.2, 0) is 0 Å². The molecular formula is C7H9NO3. The van der Waals surface area contributed by atoms with Crippen LogP contribution in [0.25, 0.3) is 0 Å². The van der Waals surface area contributed by atoms with E-state index >= 15 is 0 Å². The minimum atomic E-state index is 0.252. The zero-order valence-electron chi connectivity index (χ0n) is 6.07. The third kappa shape index (κ3) is 1.53. The van der Waals surface area contributed by atoms with Crippen LogP contribution in [0.2, 0.25) is 0 Å². The second-order valence-electron chi connectivity index (χ2n) is 2.00. The van der Waals surface area contributed by atoms with Crippen molar-refractivity contribution < 1.29 is 14.9 Å². The van der Waals surface area contributed by atoms with Crippen LogP contribution in [0.5, 0.6) is 11.5 Å². The molecular weight excluding hydrogens is 146 g/mol. The van der Waals surface area contributed by atoms with Gasteiger partial charge in [-0.15, -0.1) is 0 Å². The second-order valence-corrected chi connectivity index (χ2v) is 2.00. The minimum absolute atomic E-state index is 0.252. The van der Waals surface area contributed by atoms with Gasteiger partial charge in [0.2, 0.25) is 5.75 Å². The summed E-state index contributed by atoms with van der Waals surface area (Å²) >= 11 is 0. The Balaban J connectivity index is 3.06. The van der Waals surface area contributed by atoms with Gasteiger partial charge in [0.15, 0.2) is 5.75 Å². The molecule has 1 aromatic rings. The van der Waals surface area contributed by atoms with Gasteiger partial charge < -0.3 is 15.4 Å². The topological polar surface area (TPSA) is 64.7 Å². The molecule has 0 fully saturated rings. The molecule has 0 aromatic heterocycles. The molecule has 0 aliphatic carbocycles. The van der Waals surface area contributed by atoms with Gasteiger partial charge in [-0.3, -0.25) is 0 Å². The number of methoxy groups -OCH3 is 1. The summed E-state index contributed by atoms with van der Waals surface area (Å²) in [7, 11) is 1.47. The molecule has 0 amide bonds. The van der Waals surface area contributed by atoms with Gasteiger partial charge in [-0.1, -0.05) is 0 Å². The van der Waals surface area contributed by atoms with Crippen LogP contribution in [-0.4, -0.2) is 12.4 Å². The van der Waals surface area contributed by atoms with Gasteiger partial charge in [-0.05, 0) is 12.1 Å². The zero-order valence-corrected chi connectivity index (χ0v) is 6.07. The van der Waals surface area contributed by atoms with Gasteiger partial charge in [-0.2, -0.15) is 0 Å². The fourth-order valence-corrected chi connectivity index (χ4v) is 0.760. The minimum Gasteiger partial charge on any atom is -0.493 e. The Morgan fingerprint density at radius 1 is 1.36 bits per heavy atom. The Hall–Kier alpha value is -1.42. The van der Waals surface area contributed by atoms with E-state index in [1.165, 1.54) is 13.2 Å². The Morgan fingerprint density at radius 3 is 2.64 bits per heavy atom. The molecule has 0 aliphatic rings. The van der Waals surface area contributed by atoms with E-state index < -0.39 is 0 Å². The molecule has 60 valence electrons. The molecule has 4 heteroatoms. The van der Waals surface area contributed by atoms with Crippen LogP contribution in [0, 0.1) is 0 Å². The van der Waals surface area contributed by atoms with Crippen molar-refractivity contribution in [1.29, 1.82) is 0 Å². The zero-order chi connectivity index (χ0) is 8.27. The lowest BCUT2D eigenvalue weighted by atomic mass is 10.3. The monoisotopic (exact) mass is 155 g/mol. The van der Waals surface area contributed by atoms with Crippen molar-refractivity contribution in [3.63, 3.8) is 0 Å². The number of hydrogen-bond acceptors (Lipinski definition) is 4. The van der Waals surface area contributed by atoms with Crippen LogP contribution in [0.4, 0.5) is 5.69 Å². The summed E-state index contributed by atoms with van der Waals surface area (Å²) in [6.45, 7) is 0. The molecule has 3 N–H and O–H groups in total. The summed E-state index contributed by atoms with van der Waals surface area (Å²) in [5.41, 5.74) is 6.00. The van der Waals surface area contributed by atoms with Crippen molar-refractivity contribution in [2.24, 2.45) is 0 Å². The smallest absolute Gasteiger partial charge is 0.207 e. The highest BCUT2D eigenvalue weighted by Crippen LogP contribution is 2.27. The summed E-state index contributed by atoms with van der Waals surface area (Å²) in [4.78, 5) is 4.01. The van der Waals surface area contributed by atoms with Crippen LogP contribution in [0.3, 0.4) is 0 Å². The maximum Gasteiger partial charge on any atom is 0.207 e. The van der Waals surface area contributed by atoms with E-state index in [2.05, 4.69) is 4.89 Å². The number of ether oxygens (including phenoxy) is 1. The molecule has 0 aliphatic heterocycles. The SMILES string of the molecule is COc1cc(N)ccc1OO. The van der Waals surface area contributed by atoms with Crippen LogP contribution >= 0.6 is 0 Å². The van der Waals surface area contributed by atoms with E-state index in [0.29, 0.717) is 11.4 Å². The van der Waals surface area contributed by atoms with E-state index in [1.807, 2.05) is 0 Å². The number of nitrogen functional groups attached to an aromatic ring is 1. The Labute approximate surface area is 64.1 Å². The first-order valence-electron chi connectivity index (χ1n) is 3.03. The van der Waals surface area contributed by atoms with E-state index in [0.717, 1.165) is 0 Å². The van der Waals surface area contributed by atoms with Crippen molar-refractivity contribution in [2.75, 3.05) is 12.8 Å². The highest BCUT2D eigenvalue weighted by atomic mass is 17.1. The maximum atomic E-state index is 8.32. The van der Waals surface area contributed by atoms with Crippen molar-refractivity contribution in [3.8, 4) is 11.5 Å². The Morgan fingerprint density at radius 2 is 2.09 bits per heavy atom. The van der Waals surface area contributed by atoms with Crippen molar-refractivity contribution in [3.05, 3.63) is 18.2 Å². The standard InChI is InChI=1S/C7H9NO3/c1-10-7-4-5(8)2-3-6(7)11-9/h2-4,9H,8H2,1H3. The maximum absolute atomic E-state index is 8.32. The van der Waals surface area contributed by atoms with E-state index in [9.17, 15) is 0 Å². The molecule has 0 unspecified atom stereocenters. The first-order chi connectivity index (χ1) is 5.27. The molecule has 0 radical (unpaired) electrons. The first kappa shape index (κ1) is 7.68. The van der Waals surface area contributed by atoms with Crippen molar-refractivity contribution in [1.82, 2.24) is 0 Å². The Bertz CT molecular complexity index is 249. The molecule has 1 rings (SSSR count). The molecule has 0 saturated carbocycles. The predicted octanol–water partition coefficient (Wildman–Crippen LogP) is 1.13. The number of rotatable bonds is 2. The highest BCUT2D eigenvalue weighted by molar-refractivity contribution is 5.51. The average molecular weight is 155 g/mol. The van der Waals surface area contributed by atoms with Gasteiger partial charge in [0.05, 0.1) is 7.11 Å². The lowest BCUT2D eigenvalue weighted by Gasteiger charge is -2.04. The molecule has 0 saturated heterocycles. The van der Waals surface area contributed by atoms with Gasteiger partial charge in [0.25, 0.3) is 0 Å². The van der Waals surface area contributed by atoms with E-state index in [-0.39, 0.29) is 5.75 Å². The fourth-order valence-electron chi connectivity index (χ4n) is 0.760. The molecule has 0 atom stereocenters. The third-order valence-electron chi connectivity index (χ3n) is 1.29. The lowest BCUT2D eigenvalue weighted by Crippen LogP contribution is -1.92. The van der Waals surface area contributed by atoms with Crippen molar-refractivity contribution >= 4 is 5.69 Å². The largest absolute Gasteiger partial charge is 0.493 e. The number of hydrogen-bond donors (Lipinski definition) is 2. The molecule has 4 nitrogen and oxygen atoms in total. The number of anilines is 1. The predicted molar refractivity (Wildman–Crippen MR) is 40.7 cm³/mol. The molecule has 0 heterocycles. The van der Waals surface area contributed by atoms with Gasteiger partial charge >= 0.3 is 0 Å². The van der Waals surface area contributed by atoms with E-state index in [4.69, 9.17) is 15.7 Å². The molecule has 1 aromatic carbocycles. The fraction of sp³-hybridized carbons (Fsp3) is 0.143. The second kappa shape index (κ2) is 3.12. The normalized spacial score (nSPS) is 9.27. The average Bonchev–Trinajstić information content (AvgIpc) is 2.04. The lowest BCUT2D eigenvalue weighted by molar-refractivity contribution is -0.139. The molecule has 0 spiro atoms.